The predicted octanol–water partition coefficient (Wildman–Crippen LogP) is 1.79. The molecule has 0 saturated heterocycles. The Morgan fingerprint density at radius 2 is 1.93 bits per heavy atom. The Hall–Kier alpha value is -1.06. The van der Waals surface area contributed by atoms with Crippen molar-refractivity contribution in [3.8, 4) is 0 Å². The lowest BCUT2D eigenvalue weighted by Crippen LogP contribution is -2.39. The molecule has 4 heteroatoms. The van der Waals surface area contributed by atoms with E-state index in [-0.39, 0.29) is 24.3 Å². The molecule has 0 aliphatic carbocycles. The van der Waals surface area contributed by atoms with Gasteiger partial charge in [-0.3, -0.25) is 9.59 Å². The van der Waals surface area contributed by atoms with Crippen LogP contribution in [0, 0.1) is 5.92 Å². The van der Waals surface area contributed by atoms with Gasteiger partial charge in [-0.25, -0.2) is 0 Å². The molecule has 0 bridgehead atoms. The Balaban J connectivity index is 4.05. The number of aliphatic carboxylic acids is 1. The Labute approximate surface area is 91.1 Å². The number of carbonyl (C=O) groups excluding carboxylic acids is 1. The van der Waals surface area contributed by atoms with Gasteiger partial charge in [-0.15, -0.1) is 0 Å². The molecule has 0 spiro atoms. The van der Waals surface area contributed by atoms with Crippen LogP contribution in [-0.2, 0) is 9.59 Å². The number of carboxylic acids is 1. The molecule has 0 aromatic heterocycles. The molecule has 0 rings (SSSR count). The molecule has 0 aromatic rings. The number of carbonyl (C=O) groups is 2. The second-order valence-electron chi connectivity index (χ2n) is 3.90. The normalized spacial score (nSPS) is 14.3. The van der Waals surface area contributed by atoms with Crippen LogP contribution < -0.4 is 5.32 Å². The van der Waals surface area contributed by atoms with E-state index < -0.39 is 5.97 Å². The summed E-state index contributed by atoms with van der Waals surface area (Å²) < 4.78 is 0. The average molecular weight is 215 g/mol. The molecule has 0 heterocycles. The molecule has 2 unspecified atom stereocenters. The van der Waals surface area contributed by atoms with Gasteiger partial charge in [0.1, 0.15) is 0 Å². The molecule has 0 saturated carbocycles. The fourth-order valence-corrected chi connectivity index (χ4v) is 1.42. The zero-order valence-corrected chi connectivity index (χ0v) is 9.75. The lowest BCUT2D eigenvalue weighted by Gasteiger charge is -2.17. The summed E-state index contributed by atoms with van der Waals surface area (Å²) in [5.74, 6) is -0.937. The first-order valence-electron chi connectivity index (χ1n) is 5.53. The summed E-state index contributed by atoms with van der Waals surface area (Å²) in [6.07, 6.45) is 2.46. The second kappa shape index (κ2) is 7.26. The van der Waals surface area contributed by atoms with Gasteiger partial charge in [0.2, 0.25) is 5.91 Å². The topological polar surface area (TPSA) is 66.4 Å². The van der Waals surface area contributed by atoms with E-state index in [9.17, 15) is 9.59 Å². The van der Waals surface area contributed by atoms with Crippen molar-refractivity contribution in [1.29, 1.82) is 0 Å². The van der Waals surface area contributed by atoms with Gasteiger partial charge in [-0.05, 0) is 12.8 Å². The van der Waals surface area contributed by atoms with Crippen molar-refractivity contribution >= 4 is 11.9 Å². The molecule has 1 amide bonds. The van der Waals surface area contributed by atoms with E-state index in [0.717, 1.165) is 12.8 Å². The van der Waals surface area contributed by atoms with Gasteiger partial charge in [-0.1, -0.05) is 27.2 Å². The molecule has 4 nitrogen and oxygen atoms in total. The van der Waals surface area contributed by atoms with Crippen LogP contribution >= 0.6 is 0 Å². The van der Waals surface area contributed by atoms with Gasteiger partial charge in [-0.2, -0.15) is 0 Å². The van der Waals surface area contributed by atoms with Crippen molar-refractivity contribution < 1.29 is 14.7 Å². The van der Waals surface area contributed by atoms with Gasteiger partial charge in [0.05, 0.1) is 6.42 Å². The molecular formula is C11H21NO3. The summed E-state index contributed by atoms with van der Waals surface area (Å²) in [6.45, 7) is 5.77. The third kappa shape index (κ3) is 6.10. The van der Waals surface area contributed by atoms with Crippen LogP contribution in [0.1, 0.15) is 46.5 Å². The third-order valence-corrected chi connectivity index (χ3v) is 2.43. The minimum atomic E-state index is -0.870. The molecule has 0 aliphatic heterocycles. The summed E-state index contributed by atoms with van der Waals surface area (Å²) in [6, 6.07) is -0.241. The largest absolute Gasteiger partial charge is 0.481 e. The minimum absolute atomic E-state index is 0.00108. The number of carboxylic acid groups (broad SMARTS) is 1. The van der Waals surface area contributed by atoms with Gasteiger partial charge >= 0.3 is 5.97 Å². The van der Waals surface area contributed by atoms with Crippen molar-refractivity contribution in [1.82, 2.24) is 5.32 Å². The summed E-state index contributed by atoms with van der Waals surface area (Å²) >= 11 is 0. The van der Waals surface area contributed by atoms with Crippen LogP contribution in [0.2, 0.25) is 0 Å². The number of hydrogen-bond donors (Lipinski definition) is 2. The lowest BCUT2D eigenvalue weighted by molar-refractivity contribution is -0.137. The quantitative estimate of drug-likeness (QED) is 0.680. The maximum Gasteiger partial charge on any atom is 0.305 e. The first-order valence-corrected chi connectivity index (χ1v) is 5.53. The van der Waals surface area contributed by atoms with E-state index in [1.165, 1.54) is 0 Å². The molecule has 0 aromatic carbocycles. The summed E-state index contributed by atoms with van der Waals surface area (Å²) in [5, 5.41) is 11.4. The summed E-state index contributed by atoms with van der Waals surface area (Å²) in [7, 11) is 0. The Morgan fingerprint density at radius 1 is 1.33 bits per heavy atom. The maximum atomic E-state index is 11.6. The van der Waals surface area contributed by atoms with Gasteiger partial charge < -0.3 is 10.4 Å². The van der Waals surface area contributed by atoms with Gasteiger partial charge in [0.15, 0.2) is 0 Å². The van der Waals surface area contributed by atoms with Gasteiger partial charge in [0, 0.05) is 12.0 Å². The van der Waals surface area contributed by atoms with Gasteiger partial charge in [0.25, 0.3) is 0 Å². The SMILES string of the molecule is CCCC(C)C(=O)NC(CC)CC(=O)O. The number of hydrogen-bond acceptors (Lipinski definition) is 2. The van der Waals surface area contributed by atoms with Crippen molar-refractivity contribution in [2.75, 3.05) is 0 Å². The van der Waals surface area contributed by atoms with E-state index in [1.807, 2.05) is 20.8 Å². The van der Waals surface area contributed by atoms with E-state index in [2.05, 4.69) is 5.32 Å². The molecule has 2 N–H and O–H groups in total. The number of nitrogens with one attached hydrogen (secondary N) is 1. The molecule has 0 aliphatic rings. The monoisotopic (exact) mass is 215 g/mol. The first-order chi connectivity index (χ1) is 7.01. The molecule has 88 valence electrons. The smallest absolute Gasteiger partial charge is 0.305 e. The lowest BCUT2D eigenvalue weighted by atomic mass is 10.0. The van der Waals surface area contributed by atoms with E-state index >= 15 is 0 Å². The van der Waals surface area contributed by atoms with Crippen molar-refractivity contribution in [2.24, 2.45) is 5.92 Å². The summed E-state index contributed by atoms with van der Waals surface area (Å²) in [5.41, 5.74) is 0. The average Bonchev–Trinajstić information content (AvgIpc) is 2.16. The highest BCUT2D eigenvalue weighted by molar-refractivity contribution is 5.79. The summed E-state index contributed by atoms with van der Waals surface area (Å²) in [4.78, 5) is 22.1. The van der Waals surface area contributed by atoms with E-state index in [1.54, 1.807) is 0 Å². The minimum Gasteiger partial charge on any atom is -0.481 e. The first kappa shape index (κ1) is 13.9. The zero-order valence-electron chi connectivity index (χ0n) is 9.75. The van der Waals surface area contributed by atoms with E-state index in [4.69, 9.17) is 5.11 Å². The second-order valence-corrected chi connectivity index (χ2v) is 3.90. The fourth-order valence-electron chi connectivity index (χ4n) is 1.42. The third-order valence-electron chi connectivity index (χ3n) is 2.43. The zero-order chi connectivity index (χ0) is 11.8. The molecular weight excluding hydrogens is 194 g/mol. The highest BCUT2D eigenvalue weighted by atomic mass is 16.4. The Bertz CT molecular complexity index is 216. The van der Waals surface area contributed by atoms with Crippen LogP contribution in [0.4, 0.5) is 0 Å². The molecule has 2 atom stereocenters. The van der Waals surface area contributed by atoms with Crippen molar-refractivity contribution in [3.05, 3.63) is 0 Å². The highest BCUT2D eigenvalue weighted by Crippen LogP contribution is 2.07. The molecule has 15 heavy (non-hydrogen) atoms. The number of rotatable bonds is 7. The maximum absolute atomic E-state index is 11.6. The molecule has 0 fully saturated rings. The van der Waals surface area contributed by atoms with E-state index in [0.29, 0.717) is 6.42 Å². The van der Waals surface area contributed by atoms with Crippen molar-refractivity contribution in [3.63, 3.8) is 0 Å². The number of amides is 1. The standard InChI is InChI=1S/C11H21NO3/c1-4-6-8(3)11(15)12-9(5-2)7-10(13)14/h8-9H,4-7H2,1-3H3,(H,12,15)(H,13,14). The van der Waals surface area contributed by atoms with Crippen LogP contribution in [0.3, 0.4) is 0 Å². The Morgan fingerprint density at radius 3 is 2.33 bits per heavy atom. The highest BCUT2D eigenvalue weighted by Gasteiger charge is 2.17. The Kier molecular flexibility index (Phi) is 6.75. The fraction of sp³-hybridized carbons (Fsp3) is 0.818. The van der Waals surface area contributed by atoms with Crippen LogP contribution in [-0.4, -0.2) is 23.0 Å². The predicted molar refractivity (Wildman–Crippen MR) is 58.5 cm³/mol. The van der Waals surface area contributed by atoms with Crippen LogP contribution in [0.25, 0.3) is 0 Å². The van der Waals surface area contributed by atoms with Crippen LogP contribution in [0.5, 0.6) is 0 Å². The van der Waals surface area contributed by atoms with Crippen LogP contribution in [0.15, 0.2) is 0 Å². The van der Waals surface area contributed by atoms with Crippen molar-refractivity contribution in [2.45, 2.75) is 52.5 Å². The molecule has 0 radical (unpaired) electrons.